The van der Waals surface area contributed by atoms with Crippen molar-refractivity contribution < 1.29 is 72.2 Å². The molecule has 3 aliphatic rings. The van der Waals surface area contributed by atoms with Crippen molar-refractivity contribution in [3.05, 3.63) is 71.9 Å². The predicted octanol–water partition coefficient (Wildman–Crippen LogP) is -4.03. The topological polar surface area (TPSA) is 685 Å². The number of aliphatic hydroxyl groups is 1. The molecule has 0 saturated carbocycles. The largest absolute Gasteiger partial charge is 0.391 e. The SMILES string of the molecule is CC(C)C[C@@H]1NC(=O)[C@H](Cc2c[nH]c3ccccc23)NC(=O)[C@H]([C@@H](C)O)NC(=O)[C@@H]2CCCN2C(=O)[C@H]2CCCN2C(=O)[C@H](CCCCN)NC(=O)[C@H](C)NC(=O)[C@H](CCCCN)NC(=O)[C@H](CCCCN)NC(=O)[C@H](Cc2ccccc2)NC(=O)[C@H](CCCN=C(N)N)NC(=O)[C@H](CCCN=C(N)N)NC(=O)[C@H](CCCCN)NC(=O)[C@H](CCCCN)NC1=O. The van der Waals surface area contributed by atoms with Gasteiger partial charge in [0, 0.05) is 56.1 Å². The van der Waals surface area contributed by atoms with Gasteiger partial charge in [0.15, 0.2) is 11.9 Å². The third kappa shape index (κ3) is 34.0. The van der Waals surface area contributed by atoms with E-state index in [0.29, 0.717) is 79.8 Å². The van der Waals surface area contributed by atoms with Gasteiger partial charge in [-0.1, -0.05) is 62.4 Å². The number of hydrogen-bond acceptors (Lipinski definition) is 22. The molecule has 700 valence electrons. The maximum atomic E-state index is 15.2. The molecule has 41 heteroatoms. The van der Waals surface area contributed by atoms with Crippen molar-refractivity contribution in [3.8, 4) is 0 Å². The molecule has 32 N–H and O–H groups in total. The number of nitrogens with one attached hydrogen (secondary N) is 13. The quantitative estimate of drug-likeness (QED) is 0.0151. The van der Waals surface area contributed by atoms with Gasteiger partial charge in [-0.05, 0) is 224 Å². The van der Waals surface area contributed by atoms with E-state index in [0.717, 1.165) is 0 Å². The standard InChI is InChI=1S/C85H140N26O15/c1-50(2)46-64-77(120)103-59(30-12-17-39-88)74(117)100-58(29-11-16-38-87)72(115)101-61(33-20-42-95-84(91)92)75(118)102-62(34-21-43-96-85(93)94)76(119)107-65(47-53-24-6-5-7-25-53)78(121)104-60(31-13-18-40-89)73(116)99-57(28-10-15-37-86)71(114)98-51(3)70(113)105-63(32-14-19-41-90)82(125)111-45-23-36-68(111)83(126)110-44-22-35-67(110)80(123)109-69(52(4)112)81(124)108-66(79(122)106-64)48-54-49-97-56-27-9-8-26-55(54)56/h5-9,24-27,49-52,57-69,97,112H,10-23,28-48,86-90H2,1-4H3,(H,98,114)(H,99,116)(H,100,117)(H,101,115)(H,102,118)(H,103,120)(H,104,121)(H,105,113)(H,106,122)(H,107,119)(H,108,124)(H,109,123)(H4,91,92,95)(H4,93,94,96)/t51-,52+,57-,58-,59-,60-,61-,62-,63-,64-,65-,66-,67-,68+,69-/m0/s1. The lowest BCUT2D eigenvalue weighted by Gasteiger charge is -2.34. The molecule has 0 aliphatic carbocycles. The van der Waals surface area contributed by atoms with E-state index >= 15 is 43.2 Å². The van der Waals surface area contributed by atoms with E-state index in [9.17, 15) is 29.1 Å². The lowest BCUT2D eigenvalue weighted by Crippen LogP contribution is -2.62. The minimum atomic E-state index is -1.76. The first-order valence-electron chi connectivity index (χ1n) is 44.5. The number of guanidine groups is 2. The highest BCUT2D eigenvalue weighted by atomic mass is 16.3. The van der Waals surface area contributed by atoms with Gasteiger partial charge in [-0.15, -0.1) is 0 Å². The van der Waals surface area contributed by atoms with Crippen molar-refractivity contribution in [2.24, 2.45) is 67.5 Å². The van der Waals surface area contributed by atoms with Crippen LogP contribution in [-0.2, 0) is 80.0 Å². The summed E-state index contributed by atoms with van der Waals surface area (Å²) in [4.78, 5) is 224. The third-order valence-corrected chi connectivity index (χ3v) is 22.5. The third-order valence-electron chi connectivity index (χ3n) is 22.5. The predicted molar refractivity (Wildman–Crippen MR) is 476 cm³/mol. The van der Waals surface area contributed by atoms with E-state index < -0.39 is 173 Å². The minimum Gasteiger partial charge on any atom is -0.391 e. The Morgan fingerprint density at radius 2 is 0.746 bits per heavy atom. The Morgan fingerprint density at radius 1 is 0.389 bits per heavy atom. The number of carbonyl (C=O) groups is 14. The lowest BCUT2D eigenvalue weighted by atomic mass is 9.99. The van der Waals surface area contributed by atoms with Gasteiger partial charge in [-0.2, -0.15) is 0 Å². The highest BCUT2D eigenvalue weighted by Crippen LogP contribution is 2.28. The summed E-state index contributed by atoms with van der Waals surface area (Å²) in [6.07, 6.45) is 3.63. The summed E-state index contributed by atoms with van der Waals surface area (Å²) in [7, 11) is 0. The minimum absolute atomic E-state index is 0.00708. The highest BCUT2D eigenvalue weighted by molar-refractivity contribution is 6.02. The molecule has 0 unspecified atom stereocenters. The molecular weight excluding hydrogens is 1630 g/mol. The summed E-state index contributed by atoms with van der Waals surface area (Å²) in [6, 6.07) is -4.12. The molecule has 14 amide bonds. The zero-order chi connectivity index (χ0) is 92.4. The molecule has 15 atom stereocenters. The lowest BCUT2D eigenvalue weighted by molar-refractivity contribution is -0.148. The van der Waals surface area contributed by atoms with Crippen molar-refractivity contribution in [2.45, 2.75) is 285 Å². The van der Waals surface area contributed by atoms with Crippen LogP contribution in [-0.4, -0.2) is 264 Å². The molecule has 1 aromatic heterocycles. The van der Waals surface area contributed by atoms with Gasteiger partial charge < -0.3 is 135 Å². The second kappa shape index (κ2) is 54.7. The summed E-state index contributed by atoms with van der Waals surface area (Å²) in [5.74, 6) is -12.6. The Morgan fingerprint density at radius 3 is 1.18 bits per heavy atom. The number of carbonyl (C=O) groups excluding carboxylic acids is 14. The van der Waals surface area contributed by atoms with Crippen LogP contribution in [0.25, 0.3) is 10.9 Å². The zero-order valence-electron chi connectivity index (χ0n) is 73.4. The van der Waals surface area contributed by atoms with Crippen molar-refractivity contribution in [1.29, 1.82) is 0 Å². The number of unbranched alkanes of at least 4 members (excludes halogenated alkanes) is 5. The first-order valence-corrected chi connectivity index (χ1v) is 44.5. The van der Waals surface area contributed by atoms with E-state index in [1.54, 1.807) is 74.6 Å². The number of aromatic amines is 1. The number of aliphatic imine (C=N–C) groups is 2. The number of para-hydroxylation sites is 1. The van der Waals surface area contributed by atoms with Crippen LogP contribution in [0.15, 0.2) is 70.8 Å². The second-order valence-electron chi connectivity index (χ2n) is 33.2. The molecule has 4 heterocycles. The van der Waals surface area contributed by atoms with Crippen LogP contribution in [0.2, 0.25) is 0 Å². The highest BCUT2D eigenvalue weighted by Gasteiger charge is 2.46. The smallest absolute Gasteiger partial charge is 0.246 e. The molecule has 126 heavy (non-hydrogen) atoms. The molecule has 3 saturated heterocycles. The first kappa shape index (κ1) is 104. The Bertz CT molecular complexity index is 4110. The Hall–Kier alpha value is -11.1. The molecule has 3 fully saturated rings. The summed E-state index contributed by atoms with van der Waals surface area (Å²) in [6.45, 7) is 7.27. The van der Waals surface area contributed by atoms with Crippen molar-refractivity contribution in [2.75, 3.05) is 58.9 Å². The van der Waals surface area contributed by atoms with Crippen LogP contribution in [0, 0.1) is 5.92 Å². The van der Waals surface area contributed by atoms with Crippen molar-refractivity contribution >= 4 is 106 Å². The summed E-state index contributed by atoms with van der Waals surface area (Å²) in [5, 5.41) is 45.3. The first-order chi connectivity index (χ1) is 60.3. The van der Waals surface area contributed by atoms with Gasteiger partial charge in [-0.3, -0.25) is 77.1 Å². The molecule has 0 radical (unpaired) electrons. The molecule has 3 aliphatic heterocycles. The monoisotopic (exact) mass is 1770 g/mol. The van der Waals surface area contributed by atoms with Gasteiger partial charge in [0.2, 0.25) is 82.7 Å². The van der Waals surface area contributed by atoms with Gasteiger partial charge in [0.05, 0.1) is 6.10 Å². The fourth-order valence-electron chi connectivity index (χ4n) is 15.6. The van der Waals surface area contributed by atoms with Crippen LogP contribution in [0.3, 0.4) is 0 Å². The molecule has 6 rings (SSSR count). The van der Waals surface area contributed by atoms with Gasteiger partial charge in [-0.25, -0.2) is 0 Å². The fourth-order valence-corrected chi connectivity index (χ4v) is 15.6. The maximum Gasteiger partial charge on any atom is 0.246 e. The number of hydrogen-bond donors (Lipinski definition) is 23. The summed E-state index contributed by atoms with van der Waals surface area (Å²) < 4.78 is 0. The normalized spacial score (nSPS) is 24.8. The Kier molecular flexibility index (Phi) is 45.0. The number of H-pyrrole nitrogens is 1. The number of nitrogens with zero attached hydrogens (tertiary/aromatic N) is 4. The van der Waals surface area contributed by atoms with Gasteiger partial charge in [0.1, 0.15) is 84.6 Å². The maximum absolute atomic E-state index is 15.2. The molecule has 0 spiro atoms. The van der Waals surface area contributed by atoms with Crippen LogP contribution >= 0.6 is 0 Å². The molecule has 41 nitrogen and oxygen atoms in total. The fraction of sp³-hybridized carbons (Fsp3) is 0.647. The van der Waals surface area contributed by atoms with E-state index in [2.05, 4.69) is 78.8 Å². The number of aromatic nitrogens is 1. The van der Waals surface area contributed by atoms with Crippen LogP contribution in [0.5, 0.6) is 0 Å². The molecule has 3 aromatic rings. The van der Waals surface area contributed by atoms with Crippen molar-refractivity contribution in [1.82, 2.24) is 78.6 Å². The van der Waals surface area contributed by atoms with Crippen LogP contribution < -0.4 is 115 Å². The molecule has 0 bridgehead atoms. The van der Waals surface area contributed by atoms with Gasteiger partial charge in [0.25, 0.3) is 0 Å². The van der Waals surface area contributed by atoms with E-state index in [1.165, 1.54) is 23.6 Å². The number of benzene rings is 2. The van der Waals surface area contributed by atoms with Gasteiger partial charge >= 0.3 is 0 Å². The number of nitrogens with two attached hydrogens (primary N) is 9. The Balaban J connectivity index is 1.47. The van der Waals surface area contributed by atoms with E-state index in [-0.39, 0.29) is 186 Å². The van der Waals surface area contributed by atoms with Crippen LogP contribution in [0.4, 0.5) is 0 Å². The zero-order valence-corrected chi connectivity index (χ0v) is 73.4. The van der Waals surface area contributed by atoms with E-state index in [1.807, 2.05) is 0 Å². The van der Waals surface area contributed by atoms with E-state index in [4.69, 9.17) is 51.6 Å². The number of fused-ring (bicyclic) bond motifs is 3. The average molecular weight is 1770 g/mol. The van der Waals surface area contributed by atoms with Crippen molar-refractivity contribution in [3.63, 3.8) is 0 Å². The van der Waals surface area contributed by atoms with Crippen LogP contribution in [0.1, 0.15) is 193 Å². The molecule has 2 aromatic carbocycles. The average Bonchev–Trinajstić information content (AvgIpc) is 1.65. The molecular formula is C85H140N26O15. The Labute approximate surface area is 736 Å². The summed E-state index contributed by atoms with van der Waals surface area (Å²) >= 11 is 0. The summed E-state index contributed by atoms with van der Waals surface area (Å²) in [5.41, 5.74) is 54.4. The number of rotatable bonds is 35. The number of amides is 14. The number of aliphatic hydroxyl groups excluding tert-OH is 1. The second-order valence-corrected chi connectivity index (χ2v) is 33.2.